The highest BCUT2D eigenvalue weighted by Crippen LogP contribution is 2.17. The fourth-order valence-electron chi connectivity index (χ4n) is 2.77. The molecule has 0 atom stereocenters. The summed E-state index contributed by atoms with van der Waals surface area (Å²) in [6.45, 7) is 0.553. The van der Waals surface area contributed by atoms with Gasteiger partial charge in [-0.25, -0.2) is 9.48 Å². The van der Waals surface area contributed by atoms with Crippen LogP contribution in [0.3, 0.4) is 0 Å². The number of methoxy groups -OCH3 is 1. The Morgan fingerprint density at radius 3 is 2.97 bits per heavy atom. The Balaban J connectivity index is 1.72. The molecule has 0 aliphatic carbocycles. The van der Waals surface area contributed by atoms with Gasteiger partial charge in [0.1, 0.15) is 6.61 Å². The van der Waals surface area contributed by atoms with Crippen LogP contribution in [0.1, 0.15) is 17.7 Å². The van der Waals surface area contributed by atoms with E-state index in [0.29, 0.717) is 29.6 Å². The smallest absolute Gasteiger partial charge is 0.411 e. The van der Waals surface area contributed by atoms with Crippen molar-refractivity contribution in [1.29, 1.82) is 0 Å². The lowest BCUT2D eigenvalue weighted by atomic mass is 10.1. The molecular weight excluding hydrogens is 390 g/mol. The number of hydrogen-bond acceptors (Lipinski definition) is 7. The molecule has 2 heterocycles. The Labute approximate surface area is 174 Å². The highest BCUT2D eigenvalue weighted by atomic mass is 32.1. The van der Waals surface area contributed by atoms with Gasteiger partial charge >= 0.3 is 6.09 Å². The van der Waals surface area contributed by atoms with Crippen molar-refractivity contribution in [2.45, 2.75) is 12.8 Å². The van der Waals surface area contributed by atoms with E-state index in [2.05, 4.69) is 10.4 Å². The van der Waals surface area contributed by atoms with Crippen LogP contribution in [-0.2, 0) is 15.9 Å². The minimum Gasteiger partial charge on any atom is -0.447 e. The summed E-state index contributed by atoms with van der Waals surface area (Å²) in [5.41, 5.74) is 3.42. The van der Waals surface area contributed by atoms with Crippen LogP contribution in [0, 0.1) is 4.51 Å². The van der Waals surface area contributed by atoms with Crippen molar-refractivity contribution in [2.24, 2.45) is 5.10 Å². The first-order valence-electron chi connectivity index (χ1n) is 9.12. The molecule has 29 heavy (non-hydrogen) atoms. The number of carbonyl (C=O) groups excluding carboxylic acids is 1. The van der Waals surface area contributed by atoms with Crippen LogP contribution in [0.15, 0.2) is 47.8 Å². The van der Waals surface area contributed by atoms with Gasteiger partial charge in [0.05, 0.1) is 22.5 Å². The number of hydrogen-bond donors (Lipinski definition) is 1. The molecule has 8 nitrogen and oxygen atoms in total. The highest BCUT2D eigenvalue weighted by molar-refractivity contribution is 7.71. The molecule has 1 N–H and O–H groups in total. The Bertz CT molecular complexity index is 986. The topological polar surface area (TPSA) is 81.0 Å². The maximum Gasteiger partial charge on any atom is 0.411 e. The molecule has 0 bridgehead atoms. The van der Waals surface area contributed by atoms with Crippen LogP contribution in [0.25, 0.3) is 5.70 Å². The van der Waals surface area contributed by atoms with Crippen LogP contribution in [0.5, 0.6) is 0 Å². The first-order valence-corrected chi connectivity index (χ1v) is 9.53. The predicted octanol–water partition coefficient (Wildman–Crippen LogP) is 3.52. The molecule has 0 radical (unpaired) electrons. The number of benzene rings is 1. The number of nitrogens with one attached hydrogen (secondary N) is 1. The van der Waals surface area contributed by atoms with E-state index in [4.69, 9.17) is 26.8 Å². The lowest BCUT2D eigenvalue weighted by molar-refractivity contribution is 0.107. The molecule has 152 valence electrons. The standard InChI is InChI=1S/C20H23N5O3S/c1-24-14-17(6-8-21-24)25-9-7-19(29)18(23-25)13-15-4-3-5-16(12-15)22-20(26)28-11-10-27-2/h3-5,7-9,12,14H,6,10-11,13H2,1-2H3,(H,22,26). The number of amides is 1. The zero-order valence-corrected chi connectivity index (χ0v) is 17.2. The van der Waals surface area contributed by atoms with Gasteiger partial charge in [-0.05, 0) is 23.8 Å². The predicted molar refractivity (Wildman–Crippen MR) is 114 cm³/mol. The molecule has 0 saturated carbocycles. The molecular formula is C20H23N5O3S. The monoisotopic (exact) mass is 413 g/mol. The van der Waals surface area contributed by atoms with Crippen molar-refractivity contribution < 1.29 is 14.3 Å². The second-order valence-electron chi connectivity index (χ2n) is 6.40. The van der Waals surface area contributed by atoms with E-state index in [1.807, 2.05) is 54.6 Å². The Morgan fingerprint density at radius 2 is 2.17 bits per heavy atom. The van der Waals surface area contributed by atoms with Crippen molar-refractivity contribution in [3.05, 3.63) is 58.5 Å². The number of rotatable bonds is 7. The molecule has 1 aromatic carbocycles. The van der Waals surface area contributed by atoms with E-state index in [-0.39, 0.29) is 6.61 Å². The third-order valence-corrected chi connectivity index (χ3v) is 4.51. The van der Waals surface area contributed by atoms with Gasteiger partial charge in [-0.2, -0.15) is 10.2 Å². The lowest BCUT2D eigenvalue weighted by Gasteiger charge is -2.17. The first kappa shape index (κ1) is 20.7. The summed E-state index contributed by atoms with van der Waals surface area (Å²) < 4.78 is 12.4. The van der Waals surface area contributed by atoms with Crippen molar-refractivity contribution >= 4 is 35.9 Å². The zero-order valence-electron chi connectivity index (χ0n) is 16.4. The number of hydrazone groups is 1. The van der Waals surface area contributed by atoms with Gasteiger partial charge in [0, 0.05) is 51.3 Å². The normalized spacial score (nSPS) is 13.2. The van der Waals surface area contributed by atoms with Crippen LogP contribution < -0.4 is 5.32 Å². The quantitative estimate of drug-likeness (QED) is 0.553. The molecule has 0 fully saturated rings. The van der Waals surface area contributed by atoms with Gasteiger partial charge in [-0.1, -0.05) is 24.4 Å². The van der Waals surface area contributed by atoms with Crippen LogP contribution in [0.2, 0.25) is 0 Å². The average Bonchev–Trinajstić information content (AvgIpc) is 2.70. The van der Waals surface area contributed by atoms with Gasteiger partial charge in [-0.3, -0.25) is 10.3 Å². The van der Waals surface area contributed by atoms with Crippen molar-refractivity contribution in [3.8, 4) is 0 Å². The third kappa shape index (κ3) is 5.97. The second-order valence-corrected chi connectivity index (χ2v) is 6.84. The van der Waals surface area contributed by atoms with Gasteiger partial charge in [0.15, 0.2) is 0 Å². The SMILES string of the molecule is COCCOC(=O)Nc1cccc(Cc2nn(C3=CN(C)N=CC3)ccc2=S)c1. The number of aromatic nitrogens is 2. The van der Waals surface area contributed by atoms with Gasteiger partial charge < -0.3 is 9.47 Å². The fourth-order valence-corrected chi connectivity index (χ4v) is 2.94. The van der Waals surface area contributed by atoms with Crippen LogP contribution in [0.4, 0.5) is 10.5 Å². The zero-order chi connectivity index (χ0) is 20.6. The molecule has 1 amide bonds. The molecule has 2 aromatic rings. The maximum atomic E-state index is 11.8. The van der Waals surface area contributed by atoms with E-state index in [1.165, 1.54) is 0 Å². The molecule has 3 rings (SSSR count). The number of anilines is 1. The third-order valence-electron chi connectivity index (χ3n) is 4.14. The van der Waals surface area contributed by atoms with Gasteiger partial charge in [0.25, 0.3) is 0 Å². The average molecular weight is 414 g/mol. The molecule has 0 saturated heterocycles. The van der Waals surface area contributed by atoms with E-state index < -0.39 is 6.09 Å². The molecule has 0 spiro atoms. The number of ether oxygens (including phenoxy) is 2. The minimum atomic E-state index is -0.520. The Morgan fingerprint density at radius 1 is 1.31 bits per heavy atom. The molecule has 1 aromatic heterocycles. The number of carbonyl (C=O) groups is 1. The van der Waals surface area contributed by atoms with E-state index >= 15 is 0 Å². The van der Waals surface area contributed by atoms with Crippen LogP contribution >= 0.6 is 12.2 Å². The van der Waals surface area contributed by atoms with E-state index in [1.54, 1.807) is 18.2 Å². The highest BCUT2D eigenvalue weighted by Gasteiger charge is 2.09. The second kappa shape index (κ2) is 9.94. The largest absolute Gasteiger partial charge is 0.447 e. The van der Waals surface area contributed by atoms with Gasteiger partial charge in [-0.15, -0.1) is 0 Å². The van der Waals surface area contributed by atoms with Crippen molar-refractivity contribution in [3.63, 3.8) is 0 Å². The van der Waals surface area contributed by atoms with Crippen LogP contribution in [-0.4, -0.2) is 54.5 Å². The minimum absolute atomic E-state index is 0.199. The summed E-state index contributed by atoms with van der Waals surface area (Å²) >= 11 is 5.46. The summed E-state index contributed by atoms with van der Waals surface area (Å²) in [5.74, 6) is 0. The molecule has 9 heteroatoms. The van der Waals surface area contributed by atoms with E-state index in [9.17, 15) is 4.79 Å². The number of allylic oxidation sites excluding steroid dienone is 1. The van der Waals surface area contributed by atoms with Crippen molar-refractivity contribution in [2.75, 3.05) is 32.7 Å². The summed E-state index contributed by atoms with van der Waals surface area (Å²) in [5, 5.41) is 13.3. The molecule has 1 aliphatic heterocycles. The summed E-state index contributed by atoms with van der Waals surface area (Å²) in [6.07, 6.45) is 6.35. The summed E-state index contributed by atoms with van der Waals surface area (Å²) in [7, 11) is 3.42. The fraction of sp³-hybridized carbons (Fsp3) is 0.300. The lowest BCUT2D eigenvalue weighted by Crippen LogP contribution is -2.16. The Hall–Kier alpha value is -3.04. The summed E-state index contributed by atoms with van der Waals surface area (Å²) in [4.78, 5) is 11.8. The molecule has 0 unspecified atom stereocenters. The number of nitrogens with zero attached hydrogens (tertiary/aromatic N) is 4. The first-order chi connectivity index (χ1) is 14.0. The summed E-state index contributed by atoms with van der Waals surface area (Å²) in [6, 6.07) is 9.40. The van der Waals surface area contributed by atoms with Gasteiger partial charge in [0.2, 0.25) is 0 Å². The Kier molecular flexibility index (Phi) is 7.09. The van der Waals surface area contributed by atoms with E-state index in [0.717, 1.165) is 17.0 Å². The maximum absolute atomic E-state index is 11.8. The molecule has 1 aliphatic rings. The van der Waals surface area contributed by atoms with Crippen molar-refractivity contribution in [1.82, 2.24) is 14.8 Å².